The van der Waals surface area contributed by atoms with Gasteiger partial charge < -0.3 is 10.2 Å². The van der Waals surface area contributed by atoms with Crippen LogP contribution in [0.5, 0.6) is 0 Å². The average molecular weight is 295 g/mol. The first-order valence-corrected chi connectivity index (χ1v) is 7.22. The first-order chi connectivity index (χ1) is 9.95. The van der Waals surface area contributed by atoms with Crippen molar-refractivity contribution in [1.82, 2.24) is 14.7 Å². The number of nitro groups is 1. The van der Waals surface area contributed by atoms with E-state index >= 15 is 0 Å². The Morgan fingerprint density at radius 2 is 2.10 bits per heavy atom. The van der Waals surface area contributed by atoms with Crippen LogP contribution in [0.15, 0.2) is 0 Å². The Morgan fingerprint density at radius 1 is 1.48 bits per heavy atom. The molecule has 8 heteroatoms. The highest BCUT2D eigenvalue weighted by atomic mass is 16.6. The second kappa shape index (κ2) is 6.11. The number of carbonyl (C=O) groups excluding carboxylic acids is 1. The van der Waals surface area contributed by atoms with Crippen LogP contribution in [0.3, 0.4) is 0 Å². The van der Waals surface area contributed by atoms with Gasteiger partial charge in [0.25, 0.3) is 0 Å². The van der Waals surface area contributed by atoms with Gasteiger partial charge in [0.2, 0.25) is 11.7 Å². The second-order valence-electron chi connectivity index (χ2n) is 5.25. The highest BCUT2D eigenvalue weighted by Crippen LogP contribution is 2.29. The number of hydrogen-bond donors (Lipinski definition) is 1. The number of likely N-dealkylation sites (tertiary alicyclic amines) is 1. The third kappa shape index (κ3) is 2.98. The first kappa shape index (κ1) is 15.3. The third-order valence-corrected chi connectivity index (χ3v) is 3.72. The van der Waals surface area contributed by atoms with Crippen molar-refractivity contribution in [3.8, 4) is 0 Å². The molecule has 1 fully saturated rings. The maximum atomic E-state index is 12.3. The topological polar surface area (TPSA) is 93.3 Å². The minimum atomic E-state index is -0.511. The molecular weight excluding hydrogens is 274 g/mol. The molecule has 1 aromatic heterocycles. The van der Waals surface area contributed by atoms with Crippen LogP contribution in [0.4, 0.5) is 11.5 Å². The van der Waals surface area contributed by atoms with Crippen LogP contribution in [0.25, 0.3) is 0 Å². The predicted molar refractivity (Wildman–Crippen MR) is 78.2 cm³/mol. The van der Waals surface area contributed by atoms with E-state index in [4.69, 9.17) is 0 Å². The number of nitrogens with zero attached hydrogens (tertiary/aromatic N) is 4. The molecule has 2 rings (SSSR count). The fraction of sp³-hybridized carbons (Fsp3) is 0.692. The van der Waals surface area contributed by atoms with Crippen molar-refractivity contribution in [2.24, 2.45) is 0 Å². The Labute approximate surface area is 123 Å². The van der Waals surface area contributed by atoms with Crippen LogP contribution < -0.4 is 5.32 Å². The molecule has 0 radical (unpaired) electrons. The highest BCUT2D eigenvalue weighted by Gasteiger charge is 2.29. The molecule has 0 saturated carbocycles. The van der Waals surface area contributed by atoms with Crippen molar-refractivity contribution in [2.75, 3.05) is 18.4 Å². The third-order valence-electron chi connectivity index (χ3n) is 3.72. The number of carbonyl (C=O) groups is 1. The summed E-state index contributed by atoms with van der Waals surface area (Å²) in [4.78, 5) is 24.8. The minimum absolute atomic E-state index is 0.0247. The molecule has 8 nitrogen and oxygen atoms in total. The lowest BCUT2D eigenvalue weighted by Crippen LogP contribution is -2.40. The van der Waals surface area contributed by atoms with Crippen LogP contribution >= 0.6 is 0 Å². The Bertz CT molecular complexity index is 548. The molecule has 21 heavy (non-hydrogen) atoms. The minimum Gasteiger partial charge on any atom is -0.353 e. The lowest BCUT2D eigenvalue weighted by atomic mass is 10.2. The zero-order chi connectivity index (χ0) is 15.6. The van der Waals surface area contributed by atoms with Gasteiger partial charge in [-0.2, -0.15) is 5.10 Å². The zero-order valence-corrected chi connectivity index (χ0v) is 12.6. The summed E-state index contributed by atoms with van der Waals surface area (Å²) in [5, 5.41) is 18.3. The van der Waals surface area contributed by atoms with Crippen LogP contribution in [0, 0.1) is 17.0 Å². The molecule has 1 atom stereocenters. The number of rotatable bonds is 5. The zero-order valence-electron chi connectivity index (χ0n) is 12.6. The van der Waals surface area contributed by atoms with E-state index in [1.165, 1.54) is 4.68 Å². The first-order valence-electron chi connectivity index (χ1n) is 7.22. The molecule has 1 aliphatic rings. The Hall–Kier alpha value is -2.12. The number of hydrogen-bond acceptors (Lipinski definition) is 5. The summed E-state index contributed by atoms with van der Waals surface area (Å²) >= 11 is 0. The summed E-state index contributed by atoms with van der Waals surface area (Å²) in [6, 6.07) is -0.511. The summed E-state index contributed by atoms with van der Waals surface area (Å²) in [5.74, 6) is 0.281. The van der Waals surface area contributed by atoms with Crippen molar-refractivity contribution < 1.29 is 9.72 Å². The smallest absolute Gasteiger partial charge is 0.333 e. The van der Waals surface area contributed by atoms with Crippen molar-refractivity contribution in [2.45, 2.75) is 46.2 Å². The molecule has 0 aromatic carbocycles. The SMILES string of the molecule is CCn1nc(C)c([N+](=O)[O-])c1NC(C)C(=O)N1CCCC1. The van der Waals surface area contributed by atoms with Crippen LogP contribution in [-0.4, -0.2) is 44.6 Å². The molecule has 1 unspecified atom stereocenters. The summed E-state index contributed by atoms with van der Waals surface area (Å²) in [6.45, 7) is 7.21. The van der Waals surface area contributed by atoms with Crippen molar-refractivity contribution in [1.29, 1.82) is 0 Å². The molecule has 2 heterocycles. The molecule has 116 valence electrons. The van der Waals surface area contributed by atoms with Crippen molar-refractivity contribution in [3.63, 3.8) is 0 Å². The second-order valence-corrected chi connectivity index (χ2v) is 5.25. The summed E-state index contributed by atoms with van der Waals surface area (Å²) in [6.07, 6.45) is 2.04. The average Bonchev–Trinajstić information content (AvgIpc) is 3.05. The number of nitrogens with one attached hydrogen (secondary N) is 1. The van der Waals surface area contributed by atoms with E-state index in [9.17, 15) is 14.9 Å². The maximum absolute atomic E-state index is 12.3. The van der Waals surface area contributed by atoms with E-state index in [1.54, 1.807) is 18.7 Å². The molecular formula is C13H21N5O3. The van der Waals surface area contributed by atoms with Crippen molar-refractivity contribution >= 4 is 17.4 Å². The van der Waals surface area contributed by atoms with Crippen LogP contribution in [0.2, 0.25) is 0 Å². The lowest BCUT2D eigenvalue weighted by Gasteiger charge is -2.21. The Balaban J connectivity index is 2.21. The van der Waals surface area contributed by atoms with Gasteiger partial charge in [0, 0.05) is 19.6 Å². The molecule has 1 aromatic rings. The molecule has 1 N–H and O–H groups in total. The normalized spacial score (nSPS) is 16.0. The largest absolute Gasteiger partial charge is 0.353 e. The van der Waals surface area contributed by atoms with Crippen molar-refractivity contribution in [3.05, 3.63) is 15.8 Å². The summed E-state index contributed by atoms with van der Waals surface area (Å²) in [7, 11) is 0. The Morgan fingerprint density at radius 3 is 2.62 bits per heavy atom. The van der Waals surface area contributed by atoms with E-state index in [0.717, 1.165) is 25.9 Å². The van der Waals surface area contributed by atoms with E-state index in [0.29, 0.717) is 18.1 Å². The molecule has 1 amide bonds. The quantitative estimate of drug-likeness (QED) is 0.657. The Kier molecular flexibility index (Phi) is 4.44. The summed E-state index contributed by atoms with van der Waals surface area (Å²) in [5.41, 5.74) is 0.295. The number of aryl methyl sites for hydroxylation is 2. The van der Waals surface area contributed by atoms with E-state index in [-0.39, 0.29) is 11.6 Å². The molecule has 0 spiro atoms. The number of anilines is 1. The fourth-order valence-corrected chi connectivity index (χ4v) is 2.64. The fourth-order valence-electron chi connectivity index (χ4n) is 2.64. The van der Waals surface area contributed by atoms with E-state index in [2.05, 4.69) is 10.4 Å². The maximum Gasteiger partial charge on any atom is 0.333 e. The lowest BCUT2D eigenvalue weighted by molar-refractivity contribution is -0.384. The highest BCUT2D eigenvalue weighted by molar-refractivity contribution is 5.85. The van der Waals surface area contributed by atoms with Gasteiger partial charge >= 0.3 is 5.69 Å². The number of aromatic nitrogens is 2. The van der Waals surface area contributed by atoms with Gasteiger partial charge in [-0.3, -0.25) is 14.9 Å². The van der Waals surface area contributed by atoms with Gasteiger partial charge in [-0.25, -0.2) is 4.68 Å². The summed E-state index contributed by atoms with van der Waals surface area (Å²) < 4.78 is 1.53. The number of amides is 1. The van der Waals surface area contributed by atoms with Gasteiger partial charge in [-0.15, -0.1) is 0 Å². The monoisotopic (exact) mass is 295 g/mol. The molecule has 1 aliphatic heterocycles. The standard InChI is InChI=1S/C13H21N5O3/c1-4-17-12(11(18(20)21)9(2)15-17)14-10(3)13(19)16-7-5-6-8-16/h10,14H,4-8H2,1-3H3. The molecule has 0 bridgehead atoms. The van der Waals surface area contributed by atoms with E-state index < -0.39 is 11.0 Å². The van der Waals surface area contributed by atoms with E-state index in [1.807, 2.05) is 6.92 Å². The van der Waals surface area contributed by atoms with Crippen LogP contribution in [0.1, 0.15) is 32.4 Å². The molecule has 0 aliphatic carbocycles. The van der Waals surface area contributed by atoms with Gasteiger partial charge in [0.1, 0.15) is 11.7 Å². The van der Waals surface area contributed by atoms with Gasteiger partial charge in [-0.1, -0.05) is 0 Å². The predicted octanol–water partition coefficient (Wildman–Crippen LogP) is 1.54. The van der Waals surface area contributed by atoms with Gasteiger partial charge in [-0.05, 0) is 33.6 Å². The van der Waals surface area contributed by atoms with Gasteiger partial charge in [0.05, 0.1) is 4.92 Å². The van der Waals surface area contributed by atoms with Gasteiger partial charge in [0.15, 0.2) is 0 Å². The van der Waals surface area contributed by atoms with Crippen LogP contribution in [-0.2, 0) is 11.3 Å². The molecule has 1 saturated heterocycles.